The summed E-state index contributed by atoms with van der Waals surface area (Å²) in [4.78, 5) is 4.21. The van der Waals surface area contributed by atoms with E-state index in [9.17, 15) is 0 Å². The maximum atomic E-state index is 5.19. The Labute approximate surface area is 65.7 Å². The smallest absolute Gasteiger partial charge is 0.0622 e. The summed E-state index contributed by atoms with van der Waals surface area (Å²) in [6.07, 6.45) is 6.92. The van der Waals surface area contributed by atoms with Gasteiger partial charge in [-0.3, -0.25) is 4.98 Å². The fraction of sp³-hybridized carbons (Fsp3) is 0.222. The van der Waals surface area contributed by atoms with Gasteiger partial charge in [0.25, 0.3) is 0 Å². The lowest BCUT2D eigenvalue weighted by Crippen LogP contribution is -1.89. The van der Waals surface area contributed by atoms with Gasteiger partial charge in [0.15, 0.2) is 0 Å². The van der Waals surface area contributed by atoms with E-state index in [1.54, 1.807) is 6.20 Å². The molecule has 0 aliphatic carbocycles. The van der Waals surface area contributed by atoms with Gasteiger partial charge in [0, 0.05) is 18.3 Å². The molecular weight excluding hydrogens is 136 g/mol. The molecule has 1 aliphatic heterocycles. The summed E-state index contributed by atoms with van der Waals surface area (Å²) in [7, 11) is 0. The minimum atomic E-state index is 0.474. The van der Waals surface area contributed by atoms with Crippen molar-refractivity contribution in [1.82, 2.24) is 10.3 Å². The molecule has 0 unspecified atom stereocenters. The number of pyridine rings is 1. The molecule has 0 bridgehead atoms. The summed E-state index contributed by atoms with van der Waals surface area (Å²) in [5.41, 5.74) is 1.93. The Kier molecular flexibility index (Phi) is 1.38. The van der Waals surface area contributed by atoms with Crippen LogP contribution in [0.3, 0.4) is 0 Å². The fourth-order valence-corrected chi connectivity index (χ4v) is 0.965. The molecule has 1 N–H and O–H groups in total. The summed E-state index contributed by atoms with van der Waals surface area (Å²) in [6, 6.07) is 4.36. The standard InChI is InChI=1S/C9H8N2/c1-2-7-3-4-8(10-5-7)9-6-11-9/h1,3-5,9,11H,6H2/t9-/m0/s1. The fourth-order valence-electron chi connectivity index (χ4n) is 0.965. The average Bonchev–Trinajstić information content (AvgIpc) is 2.87. The average molecular weight is 144 g/mol. The first kappa shape index (κ1) is 6.38. The third-order valence-corrected chi connectivity index (χ3v) is 1.72. The first-order valence-electron chi connectivity index (χ1n) is 3.56. The molecule has 0 aromatic carbocycles. The molecule has 1 aromatic rings. The lowest BCUT2D eigenvalue weighted by atomic mass is 10.2. The van der Waals surface area contributed by atoms with Crippen LogP contribution in [0.1, 0.15) is 17.3 Å². The number of rotatable bonds is 1. The van der Waals surface area contributed by atoms with Crippen LogP contribution in [-0.2, 0) is 0 Å². The maximum absolute atomic E-state index is 5.19. The maximum Gasteiger partial charge on any atom is 0.0622 e. The predicted octanol–water partition coefficient (Wildman–Crippen LogP) is 0.707. The van der Waals surface area contributed by atoms with Crippen molar-refractivity contribution < 1.29 is 0 Å². The molecule has 0 saturated carbocycles. The zero-order valence-electron chi connectivity index (χ0n) is 6.04. The lowest BCUT2D eigenvalue weighted by Gasteiger charge is -1.94. The van der Waals surface area contributed by atoms with Gasteiger partial charge in [0.2, 0.25) is 0 Å². The van der Waals surface area contributed by atoms with Crippen molar-refractivity contribution in [3.8, 4) is 12.3 Å². The van der Waals surface area contributed by atoms with Crippen LogP contribution < -0.4 is 5.32 Å². The van der Waals surface area contributed by atoms with Gasteiger partial charge >= 0.3 is 0 Å². The second-order valence-corrected chi connectivity index (χ2v) is 2.58. The monoisotopic (exact) mass is 144 g/mol. The molecule has 2 heteroatoms. The van der Waals surface area contributed by atoms with E-state index in [0.29, 0.717) is 6.04 Å². The Bertz CT molecular complexity index is 290. The molecule has 0 spiro atoms. The van der Waals surface area contributed by atoms with E-state index in [-0.39, 0.29) is 0 Å². The molecule has 1 fully saturated rings. The molecule has 1 aromatic heterocycles. The van der Waals surface area contributed by atoms with Crippen LogP contribution in [0.15, 0.2) is 18.3 Å². The molecule has 2 heterocycles. The molecule has 54 valence electrons. The zero-order valence-corrected chi connectivity index (χ0v) is 6.04. The molecule has 1 saturated heterocycles. The quantitative estimate of drug-likeness (QED) is 0.465. The first-order chi connectivity index (χ1) is 5.40. The van der Waals surface area contributed by atoms with E-state index in [0.717, 1.165) is 17.8 Å². The van der Waals surface area contributed by atoms with Gasteiger partial charge in [-0.05, 0) is 12.1 Å². The Morgan fingerprint density at radius 2 is 2.45 bits per heavy atom. The second-order valence-electron chi connectivity index (χ2n) is 2.58. The van der Waals surface area contributed by atoms with E-state index in [2.05, 4.69) is 16.2 Å². The topological polar surface area (TPSA) is 34.8 Å². The highest BCUT2D eigenvalue weighted by atomic mass is 15.1. The van der Waals surface area contributed by atoms with Crippen LogP contribution >= 0.6 is 0 Å². The van der Waals surface area contributed by atoms with Gasteiger partial charge < -0.3 is 5.32 Å². The molecule has 2 rings (SSSR count). The van der Waals surface area contributed by atoms with E-state index in [4.69, 9.17) is 6.42 Å². The van der Waals surface area contributed by atoms with Gasteiger partial charge in [-0.25, -0.2) is 0 Å². The summed E-state index contributed by atoms with van der Waals surface area (Å²) >= 11 is 0. The van der Waals surface area contributed by atoms with E-state index >= 15 is 0 Å². The summed E-state index contributed by atoms with van der Waals surface area (Å²) in [6.45, 7) is 1.04. The number of terminal acetylenes is 1. The highest BCUT2D eigenvalue weighted by Gasteiger charge is 2.22. The van der Waals surface area contributed by atoms with Crippen molar-refractivity contribution in [1.29, 1.82) is 0 Å². The largest absolute Gasteiger partial charge is 0.306 e. The van der Waals surface area contributed by atoms with Crippen molar-refractivity contribution >= 4 is 0 Å². The first-order valence-corrected chi connectivity index (χ1v) is 3.56. The Morgan fingerprint density at radius 3 is 2.91 bits per heavy atom. The molecule has 1 aliphatic rings. The third-order valence-electron chi connectivity index (χ3n) is 1.72. The third kappa shape index (κ3) is 1.24. The van der Waals surface area contributed by atoms with Crippen molar-refractivity contribution in [3.63, 3.8) is 0 Å². The lowest BCUT2D eigenvalue weighted by molar-refractivity contribution is 0.992. The van der Waals surface area contributed by atoms with Crippen LogP contribution in [0.4, 0.5) is 0 Å². The van der Waals surface area contributed by atoms with Crippen molar-refractivity contribution in [2.45, 2.75) is 6.04 Å². The molecule has 2 nitrogen and oxygen atoms in total. The number of nitrogens with zero attached hydrogens (tertiary/aromatic N) is 1. The van der Waals surface area contributed by atoms with Crippen LogP contribution in [0, 0.1) is 12.3 Å². The van der Waals surface area contributed by atoms with Gasteiger partial charge in [-0.2, -0.15) is 0 Å². The van der Waals surface area contributed by atoms with E-state index in [1.807, 2.05) is 12.1 Å². The van der Waals surface area contributed by atoms with E-state index < -0.39 is 0 Å². The molecular formula is C9H8N2. The van der Waals surface area contributed by atoms with Gasteiger partial charge in [-0.15, -0.1) is 6.42 Å². The number of aromatic nitrogens is 1. The zero-order chi connectivity index (χ0) is 7.68. The normalized spacial score (nSPS) is 20.8. The summed E-state index contributed by atoms with van der Waals surface area (Å²) in [5, 5.41) is 3.17. The second kappa shape index (κ2) is 2.37. The highest BCUT2D eigenvalue weighted by Crippen LogP contribution is 2.18. The minimum absolute atomic E-state index is 0.474. The Hall–Kier alpha value is -1.33. The molecule has 11 heavy (non-hydrogen) atoms. The highest BCUT2D eigenvalue weighted by molar-refractivity contribution is 5.31. The Morgan fingerprint density at radius 1 is 1.64 bits per heavy atom. The Balaban J connectivity index is 2.27. The minimum Gasteiger partial charge on any atom is -0.306 e. The van der Waals surface area contributed by atoms with Crippen LogP contribution in [0.25, 0.3) is 0 Å². The van der Waals surface area contributed by atoms with Gasteiger partial charge in [-0.1, -0.05) is 5.92 Å². The van der Waals surface area contributed by atoms with E-state index in [1.165, 1.54) is 0 Å². The van der Waals surface area contributed by atoms with Crippen LogP contribution in [0.2, 0.25) is 0 Å². The van der Waals surface area contributed by atoms with Crippen molar-refractivity contribution in [2.24, 2.45) is 0 Å². The van der Waals surface area contributed by atoms with Gasteiger partial charge in [0.05, 0.1) is 11.7 Å². The van der Waals surface area contributed by atoms with Crippen LogP contribution in [-0.4, -0.2) is 11.5 Å². The predicted molar refractivity (Wildman–Crippen MR) is 42.9 cm³/mol. The van der Waals surface area contributed by atoms with Crippen molar-refractivity contribution in [3.05, 3.63) is 29.6 Å². The van der Waals surface area contributed by atoms with Gasteiger partial charge in [0.1, 0.15) is 0 Å². The molecule has 1 atom stereocenters. The SMILES string of the molecule is C#Cc1ccc([C@@H]2CN2)nc1. The molecule has 0 amide bonds. The summed E-state index contributed by atoms with van der Waals surface area (Å²) in [5.74, 6) is 2.53. The van der Waals surface area contributed by atoms with Crippen LogP contribution in [0.5, 0.6) is 0 Å². The molecule has 0 radical (unpaired) electrons. The number of hydrogen-bond acceptors (Lipinski definition) is 2. The number of nitrogens with one attached hydrogen (secondary N) is 1. The number of hydrogen-bond donors (Lipinski definition) is 1. The van der Waals surface area contributed by atoms with Crippen molar-refractivity contribution in [2.75, 3.05) is 6.54 Å². The summed E-state index contributed by atoms with van der Waals surface area (Å²) < 4.78 is 0.